The van der Waals surface area contributed by atoms with Gasteiger partial charge in [-0.15, -0.1) is 0 Å². The van der Waals surface area contributed by atoms with Crippen LogP contribution in [0.15, 0.2) is 11.0 Å². The summed E-state index contributed by atoms with van der Waals surface area (Å²) in [4.78, 5) is 0. The van der Waals surface area contributed by atoms with E-state index in [0.29, 0.717) is 5.54 Å². The van der Waals surface area contributed by atoms with E-state index in [4.69, 9.17) is 0 Å². The Bertz CT molecular complexity index is 198. The average Bonchev–Trinajstić information content (AvgIpc) is 2.53. The molecule has 0 amide bonds. The lowest BCUT2D eigenvalue weighted by Gasteiger charge is -2.08. The van der Waals surface area contributed by atoms with Crippen LogP contribution in [-0.4, -0.2) is 5.54 Å². The molecule has 1 aliphatic heterocycles. The minimum Gasteiger partial charge on any atom is -0.150 e. The van der Waals surface area contributed by atoms with Crippen molar-refractivity contribution in [3.05, 3.63) is 11.0 Å². The molecule has 0 aromatic rings. The summed E-state index contributed by atoms with van der Waals surface area (Å²) in [6.07, 6.45) is 10.8. The first kappa shape index (κ1) is 12.4. The van der Waals surface area contributed by atoms with Crippen molar-refractivity contribution in [3.8, 4) is 0 Å². The quantitative estimate of drug-likeness (QED) is 0.588. The molecule has 0 aliphatic carbocycles. The minimum absolute atomic E-state index is 0.709. The number of hydrogen-bond acceptors (Lipinski definition) is 0. The molecule has 0 N–H and O–H groups in total. The van der Waals surface area contributed by atoms with Crippen molar-refractivity contribution in [2.45, 2.75) is 65.1 Å². The number of hydrogen-bond donors (Lipinski definition) is 0. The maximum atomic E-state index is 3.81. The molecular formula is C12H22BBr. The fourth-order valence-electron chi connectivity index (χ4n) is 2.23. The Morgan fingerprint density at radius 3 is 2.43 bits per heavy atom. The Hall–Kier alpha value is 0.285. The van der Waals surface area contributed by atoms with Gasteiger partial charge in [0, 0.05) is 0 Å². The number of unbranched alkanes of at least 4 members (excludes halogenated alkanes) is 2. The summed E-state index contributed by atoms with van der Waals surface area (Å²) in [7, 11) is 0. The van der Waals surface area contributed by atoms with Gasteiger partial charge in [0.2, 0.25) is 0 Å². The largest absolute Gasteiger partial charge is 0.251 e. The standard InChI is InChI=1S/C12H22BBr/c1-3-5-7-11-9-10-13(14)12(11)8-6-4-2/h3-10H2,1-2H3. The molecule has 0 saturated heterocycles. The maximum Gasteiger partial charge on any atom is 0.251 e. The highest BCUT2D eigenvalue weighted by atomic mass is 79.9. The van der Waals surface area contributed by atoms with Crippen LogP contribution < -0.4 is 0 Å². The van der Waals surface area contributed by atoms with Gasteiger partial charge in [-0.25, -0.2) is 0 Å². The summed E-state index contributed by atoms with van der Waals surface area (Å²) in [6, 6.07) is 0. The van der Waals surface area contributed by atoms with Gasteiger partial charge in [0.1, 0.15) is 0 Å². The lowest BCUT2D eigenvalue weighted by molar-refractivity contribution is 0.751. The second kappa shape index (κ2) is 6.71. The van der Waals surface area contributed by atoms with E-state index < -0.39 is 0 Å². The van der Waals surface area contributed by atoms with Crippen LogP contribution in [0.2, 0.25) is 6.32 Å². The van der Waals surface area contributed by atoms with Crippen LogP contribution in [0.4, 0.5) is 0 Å². The molecule has 0 aromatic carbocycles. The zero-order valence-corrected chi connectivity index (χ0v) is 11.2. The Labute approximate surface area is 97.6 Å². The molecular weight excluding hydrogens is 235 g/mol. The van der Waals surface area contributed by atoms with Gasteiger partial charge in [-0.3, -0.25) is 0 Å². The summed E-state index contributed by atoms with van der Waals surface area (Å²) in [5, 5.41) is 0. The van der Waals surface area contributed by atoms with Crippen molar-refractivity contribution < 1.29 is 0 Å². The third-order valence-electron chi connectivity index (χ3n) is 3.16. The van der Waals surface area contributed by atoms with E-state index in [-0.39, 0.29) is 0 Å². The summed E-state index contributed by atoms with van der Waals surface area (Å²) in [6.45, 7) is 4.57. The SMILES string of the molecule is CCCCC1=C(CCCC)B(Br)CC1. The molecule has 0 aromatic heterocycles. The van der Waals surface area contributed by atoms with E-state index >= 15 is 0 Å². The van der Waals surface area contributed by atoms with Crippen LogP contribution in [0.1, 0.15) is 58.8 Å². The normalized spacial score (nSPS) is 16.9. The molecule has 80 valence electrons. The molecule has 1 aliphatic rings. The molecule has 0 spiro atoms. The maximum absolute atomic E-state index is 3.81. The monoisotopic (exact) mass is 256 g/mol. The van der Waals surface area contributed by atoms with Crippen molar-refractivity contribution in [2.24, 2.45) is 0 Å². The van der Waals surface area contributed by atoms with Gasteiger partial charge in [0.15, 0.2) is 0 Å². The van der Waals surface area contributed by atoms with Crippen molar-refractivity contribution in [2.75, 3.05) is 0 Å². The fraction of sp³-hybridized carbons (Fsp3) is 0.833. The second-order valence-electron chi connectivity index (χ2n) is 4.34. The van der Waals surface area contributed by atoms with Crippen LogP contribution in [0.25, 0.3) is 0 Å². The molecule has 14 heavy (non-hydrogen) atoms. The molecule has 1 rings (SSSR count). The van der Waals surface area contributed by atoms with E-state index in [9.17, 15) is 0 Å². The molecule has 0 bridgehead atoms. The number of halogens is 1. The third-order valence-corrected chi connectivity index (χ3v) is 4.17. The fourth-order valence-corrected chi connectivity index (χ4v) is 3.02. The Morgan fingerprint density at radius 1 is 1.14 bits per heavy atom. The van der Waals surface area contributed by atoms with Crippen molar-refractivity contribution in [1.82, 2.24) is 0 Å². The van der Waals surface area contributed by atoms with Gasteiger partial charge in [-0.05, 0) is 25.7 Å². The smallest absolute Gasteiger partial charge is 0.150 e. The van der Waals surface area contributed by atoms with Gasteiger partial charge in [-0.1, -0.05) is 50.5 Å². The summed E-state index contributed by atoms with van der Waals surface area (Å²) >= 11 is 3.81. The van der Waals surface area contributed by atoms with Crippen LogP contribution in [0.3, 0.4) is 0 Å². The van der Waals surface area contributed by atoms with Gasteiger partial charge >= 0.3 is 0 Å². The summed E-state index contributed by atoms with van der Waals surface area (Å²) < 4.78 is 0. The molecule has 0 nitrogen and oxygen atoms in total. The third kappa shape index (κ3) is 3.45. The molecule has 0 radical (unpaired) electrons. The van der Waals surface area contributed by atoms with E-state index in [2.05, 4.69) is 29.6 Å². The first-order valence-electron chi connectivity index (χ1n) is 6.14. The predicted octanol–water partition coefficient (Wildman–Crippen LogP) is 4.99. The first-order chi connectivity index (χ1) is 6.79. The molecule has 0 atom stereocenters. The van der Waals surface area contributed by atoms with Crippen molar-refractivity contribution in [3.63, 3.8) is 0 Å². The number of rotatable bonds is 6. The molecule has 0 unspecified atom stereocenters. The summed E-state index contributed by atoms with van der Waals surface area (Å²) in [5.41, 5.74) is 4.24. The molecule has 0 fully saturated rings. The lowest BCUT2D eigenvalue weighted by atomic mass is 9.68. The van der Waals surface area contributed by atoms with E-state index in [0.717, 1.165) is 0 Å². The van der Waals surface area contributed by atoms with E-state index in [1.165, 1.54) is 51.3 Å². The van der Waals surface area contributed by atoms with Crippen molar-refractivity contribution in [1.29, 1.82) is 0 Å². The highest BCUT2D eigenvalue weighted by molar-refractivity contribution is 9.24. The molecule has 1 heterocycles. The average molecular weight is 257 g/mol. The van der Waals surface area contributed by atoms with Crippen LogP contribution in [0.5, 0.6) is 0 Å². The highest BCUT2D eigenvalue weighted by Gasteiger charge is 2.25. The second-order valence-corrected chi connectivity index (χ2v) is 5.45. The van der Waals surface area contributed by atoms with Crippen LogP contribution >= 0.6 is 15.8 Å². The predicted molar refractivity (Wildman–Crippen MR) is 70.2 cm³/mol. The Morgan fingerprint density at radius 2 is 1.79 bits per heavy atom. The van der Waals surface area contributed by atoms with Gasteiger partial charge in [0.25, 0.3) is 5.54 Å². The van der Waals surface area contributed by atoms with Crippen LogP contribution in [-0.2, 0) is 0 Å². The van der Waals surface area contributed by atoms with Crippen LogP contribution in [0, 0.1) is 0 Å². The molecule has 0 saturated carbocycles. The minimum atomic E-state index is 0.709. The zero-order chi connectivity index (χ0) is 10.4. The van der Waals surface area contributed by atoms with Gasteiger partial charge in [-0.2, -0.15) is 15.8 Å². The van der Waals surface area contributed by atoms with E-state index in [1.807, 2.05) is 0 Å². The topological polar surface area (TPSA) is 0 Å². The lowest BCUT2D eigenvalue weighted by Crippen LogP contribution is -2.02. The Kier molecular flexibility index (Phi) is 5.92. The van der Waals surface area contributed by atoms with E-state index in [1.54, 1.807) is 11.0 Å². The number of allylic oxidation sites excluding steroid dienone is 2. The molecule has 2 heteroatoms. The van der Waals surface area contributed by atoms with Crippen molar-refractivity contribution >= 4 is 21.3 Å². The zero-order valence-electron chi connectivity index (χ0n) is 9.61. The van der Waals surface area contributed by atoms with Gasteiger partial charge in [0.05, 0.1) is 0 Å². The Balaban J connectivity index is 2.50. The highest BCUT2D eigenvalue weighted by Crippen LogP contribution is 2.35. The first-order valence-corrected chi connectivity index (χ1v) is 7.06. The van der Waals surface area contributed by atoms with Gasteiger partial charge < -0.3 is 0 Å². The summed E-state index contributed by atoms with van der Waals surface area (Å²) in [5.74, 6) is 0.